The number of hydrogen-bond donors (Lipinski definition) is 0. The summed E-state index contributed by atoms with van der Waals surface area (Å²) in [6, 6.07) is 2.11. The van der Waals surface area contributed by atoms with E-state index in [4.69, 9.17) is 0 Å². The van der Waals surface area contributed by atoms with Crippen LogP contribution in [0.4, 0.5) is 5.82 Å². The van der Waals surface area contributed by atoms with Gasteiger partial charge in [-0.25, -0.2) is 9.97 Å². The zero-order valence-electron chi connectivity index (χ0n) is 9.20. The van der Waals surface area contributed by atoms with Crippen molar-refractivity contribution in [2.75, 3.05) is 18.0 Å². The third-order valence-electron chi connectivity index (χ3n) is 2.69. The molecule has 0 bridgehead atoms. The van der Waals surface area contributed by atoms with Gasteiger partial charge in [0.2, 0.25) is 0 Å². The highest BCUT2D eigenvalue weighted by atomic mass is 79.9. The second-order valence-electron chi connectivity index (χ2n) is 3.95. The lowest BCUT2D eigenvalue weighted by atomic mass is 10.3. The van der Waals surface area contributed by atoms with Crippen LogP contribution in [-0.4, -0.2) is 27.9 Å². The van der Waals surface area contributed by atoms with E-state index in [0.717, 1.165) is 36.8 Å². The Balaban J connectivity index is 2.24. The van der Waals surface area contributed by atoms with Gasteiger partial charge in [0.1, 0.15) is 11.6 Å². The van der Waals surface area contributed by atoms with E-state index in [1.54, 1.807) is 0 Å². The molecular weight excluding hydrogens is 254 g/mol. The summed E-state index contributed by atoms with van der Waals surface area (Å²) in [6.45, 7) is 6.24. The molecule has 1 fully saturated rings. The number of aryl methyl sites for hydroxylation is 2. The van der Waals surface area contributed by atoms with E-state index in [1.807, 2.05) is 6.92 Å². The van der Waals surface area contributed by atoms with E-state index in [-0.39, 0.29) is 0 Å². The molecule has 1 saturated heterocycles. The molecule has 1 aromatic heterocycles. The van der Waals surface area contributed by atoms with Gasteiger partial charge in [-0.3, -0.25) is 0 Å². The summed E-state index contributed by atoms with van der Waals surface area (Å²) in [4.78, 5) is 11.8. The highest BCUT2D eigenvalue weighted by Gasteiger charge is 2.21. The first-order valence-corrected chi connectivity index (χ1v) is 6.34. The van der Waals surface area contributed by atoms with Gasteiger partial charge in [0.05, 0.1) is 0 Å². The number of alkyl halides is 1. The van der Waals surface area contributed by atoms with Crippen molar-refractivity contribution in [2.24, 2.45) is 0 Å². The molecule has 3 nitrogen and oxygen atoms in total. The molecule has 0 spiro atoms. The molecule has 15 heavy (non-hydrogen) atoms. The topological polar surface area (TPSA) is 29.0 Å². The Morgan fingerprint density at radius 2 is 2.33 bits per heavy atom. The lowest BCUT2D eigenvalue weighted by Gasteiger charge is -2.17. The van der Waals surface area contributed by atoms with Gasteiger partial charge in [-0.05, 0) is 19.8 Å². The maximum absolute atomic E-state index is 4.49. The number of nitrogens with zero attached hydrogens (tertiary/aromatic N) is 3. The maximum Gasteiger partial charge on any atom is 0.132 e. The molecule has 2 rings (SSSR count). The number of anilines is 1. The number of aromatic nitrogens is 2. The van der Waals surface area contributed by atoms with Crippen LogP contribution in [0.2, 0.25) is 0 Å². The summed E-state index contributed by atoms with van der Waals surface area (Å²) in [5, 5.41) is 0. The van der Waals surface area contributed by atoms with Crippen LogP contribution in [0.3, 0.4) is 0 Å². The van der Waals surface area contributed by atoms with E-state index < -0.39 is 0 Å². The van der Waals surface area contributed by atoms with Crippen molar-refractivity contribution in [1.29, 1.82) is 0 Å². The van der Waals surface area contributed by atoms with Crippen LogP contribution in [0.25, 0.3) is 0 Å². The average Bonchev–Trinajstić information content (AvgIpc) is 2.64. The fraction of sp³-hybridized carbons (Fsp3) is 0.636. The summed E-state index contributed by atoms with van der Waals surface area (Å²) in [5.74, 6) is 1.96. The average molecular weight is 270 g/mol. The number of hydrogen-bond acceptors (Lipinski definition) is 3. The first-order valence-electron chi connectivity index (χ1n) is 5.42. The Morgan fingerprint density at radius 1 is 1.53 bits per heavy atom. The monoisotopic (exact) mass is 269 g/mol. The van der Waals surface area contributed by atoms with Gasteiger partial charge in [0, 0.05) is 29.7 Å². The second kappa shape index (κ2) is 4.47. The predicted octanol–water partition coefficient (Wildman–Crippen LogP) is 2.32. The minimum atomic E-state index is 0.609. The number of rotatable bonds is 2. The fourth-order valence-corrected chi connectivity index (χ4v) is 2.44. The van der Waals surface area contributed by atoms with E-state index in [9.17, 15) is 0 Å². The van der Waals surface area contributed by atoms with Gasteiger partial charge in [-0.15, -0.1) is 0 Å². The minimum absolute atomic E-state index is 0.609. The quantitative estimate of drug-likeness (QED) is 0.772. The predicted molar refractivity (Wildman–Crippen MR) is 65.7 cm³/mol. The smallest absolute Gasteiger partial charge is 0.132 e. The molecule has 1 unspecified atom stereocenters. The van der Waals surface area contributed by atoms with Crippen molar-refractivity contribution in [3.05, 3.63) is 17.6 Å². The van der Waals surface area contributed by atoms with Crippen LogP contribution in [0.15, 0.2) is 6.07 Å². The Kier molecular flexibility index (Phi) is 3.24. The summed E-state index contributed by atoms with van der Waals surface area (Å²) in [7, 11) is 0. The Morgan fingerprint density at radius 3 is 2.93 bits per heavy atom. The maximum atomic E-state index is 4.49. The number of halogens is 1. The van der Waals surface area contributed by atoms with Gasteiger partial charge in [-0.2, -0.15) is 0 Å². The molecule has 0 N–H and O–H groups in total. The Labute approximate surface area is 99.0 Å². The van der Waals surface area contributed by atoms with Crippen molar-refractivity contribution in [3.8, 4) is 0 Å². The molecular formula is C11H16BrN3. The van der Waals surface area contributed by atoms with Crippen molar-refractivity contribution in [3.63, 3.8) is 0 Å². The lowest BCUT2D eigenvalue weighted by molar-refractivity contribution is 0.883. The highest BCUT2D eigenvalue weighted by Crippen LogP contribution is 2.22. The molecule has 0 aromatic carbocycles. The molecule has 0 amide bonds. The first-order chi connectivity index (χ1) is 7.19. The van der Waals surface area contributed by atoms with Crippen molar-refractivity contribution in [2.45, 2.75) is 31.5 Å². The largest absolute Gasteiger partial charge is 0.355 e. The standard InChI is InChI=1S/C11H16BrN3/c1-3-10-6-11(14-8(2)13-10)15-5-4-9(12)7-15/h6,9H,3-5,7H2,1-2H3. The zero-order valence-corrected chi connectivity index (χ0v) is 10.8. The SMILES string of the molecule is CCc1cc(N2CCC(Br)C2)nc(C)n1. The summed E-state index contributed by atoms with van der Waals surface area (Å²) >= 11 is 3.64. The summed E-state index contributed by atoms with van der Waals surface area (Å²) in [6.07, 6.45) is 2.17. The molecule has 4 heteroatoms. The fourth-order valence-electron chi connectivity index (χ4n) is 1.88. The van der Waals surface area contributed by atoms with E-state index in [2.05, 4.69) is 43.8 Å². The van der Waals surface area contributed by atoms with Crippen LogP contribution in [0, 0.1) is 6.92 Å². The molecule has 0 saturated carbocycles. The van der Waals surface area contributed by atoms with E-state index in [1.165, 1.54) is 6.42 Å². The van der Waals surface area contributed by atoms with Gasteiger partial charge in [0.25, 0.3) is 0 Å². The Bertz CT molecular complexity index is 354. The van der Waals surface area contributed by atoms with E-state index >= 15 is 0 Å². The molecule has 2 heterocycles. The summed E-state index contributed by atoms with van der Waals surface area (Å²) in [5.41, 5.74) is 1.13. The minimum Gasteiger partial charge on any atom is -0.355 e. The molecule has 1 aliphatic rings. The van der Waals surface area contributed by atoms with Crippen molar-refractivity contribution in [1.82, 2.24) is 9.97 Å². The Hall–Kier alpha value is -0.640. The van der Waals surface area contributed by atoms with Crippen LogP contribution >= 0.6 is 15.9 Å². The van der Waals surface area contributed by atoms with Gasteiger partial charge in [-0.1, -0.05) is 22.9 Å². The van der Waals surface area contributed by atoms with Gasteiger partial charge >= 0.3 is 0 Å². The third-order valence-corrected chi connectivity index (χ3v) is 3.44. The van der Waals surface area contributed by atoms with E-state index in [0.29, 0.717) is 4.83 Å². The van der Waals surface area contributed by atoms with Crippen LogP contribution in [0.1, 0.15) is 24.9 Å². The molecule has 1 aromatic rings. The second-order valence-corrected chi connectivity index (χ2v) is 5.25. The highest BCUT2D eigenvalue weighted by molar-refractivity contribution is 9.09. The normalized spacial score (nSPS) is 21.0. The zero-order chi connectivity index (χ0) is 10.8. The molecule has 0 aliphatic carbocycles. The third kappa shape index (κ3) is 2.48. The molecule has 82 valence electrons. The summed E-state index contributed by atoms with van der Waals surface area (Å²) < 4.78 is 0. The van der Waals surface area contributed by atoms with Crippen LogP contribution in [-0.2, 0) is 6.42 Å². The molecule has 0 radical (unpaired) electrons. The molecule has 1 atom stereocenters. The van der Waals surface area contributed by atoms with Crippen molar-refractivity contribution < 1.29 is 0 Å². The van der Waals surface area contributed by atoms with Crippen molar-refractivity contribution >= 4 is 21.7 Å². The van der Waals surface area contributed by atoms with Gasteiger partial charge < -0.3 is 4.90 Å². The van der Waals surface area contributed by atoms with Crippen LogP contribution in [0.5, 0.6) is 0 Å². The lowest BCUT2D eigenvalue weighted by Crippen LogP contribution is -2.21. The van der Waals surface area contributed by atoms with Crippen LogP contribution < -0.4 is 4.90 Å². The van der Waals surface area contributed by atoms with Gasteiger partial charge in [0.15, 0.2) is 0 Å². The first kappa shape index (κ1) is 10.9. The molecule has 1 aliphatic heterocycles.